The SMILES string of the molecule is C.COCN(c1cc(Cl)cnc1C(=O)c1ccnc(N)c1)S(=O)(=O)c1ccc(C)c(C(F)(F)F)c1.COCN(c1cc(Cl)cnc1C(=O)c1ccnc(NS(C)(=O)=O)c1)S(=O)(=O)c1ccc(C)c(C(F)(F)F)c1.CS(=O)(=O)Cl.Cc1ccc(S(=O)(=O)Nc2cc(Cl)cnc2C(=O)c2ccnc(NS(C)(=O)=O)c2)cc1C(F)(F)F. The number of nitrogens with one attached hydrogen (secondary N) is 3. The molecule has 0 aliphatic rings. The number of nitrogens with zero attached hydrogens (tertiary/aromatic N) is 8. The molecule has 6 heterocycles. The Kier molecular flexibility index (Phi) is 31.0. The minimum absolute atomic E-state index is 0. The van der Waals surface area contributed by atoms with Crippen LogP contribution in [0.1, 0.15) is 89.0 Å². The Morgan fingerprint density at radius 2 is 0.752 bits per heavy atom. The second-order valence-electron chi connectivity index (χ2n) is 22.9. The summed E-state index contributed by atoms with van der Waals surface area (Å²) in [6.45, 7) is 2.23. The van der Waals surface area contributed by atoms with E-state index in [0.717, 1.165) is 124 Å². The van der Waals surface area contributed by atoms with E-state index in [9.17, 15) is 104 Å². The van der Waals surface area contributed by atoms with Gasteiger partial charge < -0.3 is 15.2 Å². The van der Waals surface area contributed by atoms with Crippen molar-refractivity contribution >= 4 is 157 Å². The molecule has 0 atom stereocenters. The number of benzene rings is 3. The quantitative estimate of drug-likeness (QED) is 0.0200. The van der Waals surface area contributed by atoms with Crippen LogP contribution < -0.4 is 28.5 Å². The highest BCUT2D eigenvalue weighted by atomic mass is 35.7. The van der Waals surface area contributed by atoms with Crippen molar-refractivity contribution in [1.82, 2.24) is 29.9 Å². The van der Waals surface area contributed by atoms with Crippen molar-refractivity contribution in [3.05, 3.63) is 229 Å². The number of sulfonamides is 5. The molecule has 0 fully saturated rings. The molecule has 0 spiro atoms. The summed E-state index contributed by atoms with van der Waals surface area (Å²) in [5.74, 6) is -2.72. The second-order valence-corrected chi connectivity index (χ2v) is 36.2. The predicted octanol–water partition coefficient (Wildman–Crippen LogP) is 12.6. The van der Waals surface area contributed by atoms with Gasteiger partial charge in [0.05, 0.1) is 82.3 Å². The minimum Gasteiger partial charge on any atom is -0.384 e. The number of anilines is 6. The average molecular weight is 1790 g/mol. The van der Waals surface area contributed by atoms with Crippen LogP contribution in [0.3, 0.4) is 0 Å². The number of hydrogen-bond acceptors (Lipinski definition) is 24. The molecule has 0 unspecified atom stereocenters. The van der Waals surface area contributed by atoms with E-state index >= 15 is 0 Å². The molecule has 610 valence electrons. The zero-order chi connectivity index (χ0) is 84.4. The summed E-state index contributed by atoms with van der Waals surface area (Å²) in [6.07, 6.45) is -4.85. The predicted molar refractivity (Wildman–Crippen MR) is 402 cm³/mol. The molecule has 3 aromatic carbocycles. The van der Waals surface area contributed by atoms with Crippen LogP contribution in [0.2, 0.25) is 15.1 Å². The third-order valence-corrected chi connectivity index (χ3v) is 20.7. The molecule has 9 aromatic rings. The van der Waals surface area contributed by atoms with Gasteiger partial charge in [-0.1, -0.05) is 60.4 Å². The molecule has 48 heteroatoms. The number of aromatic nitrogens is 6. The van der Waals surface area contributed by atoms with Gasteiger partial charge >= 0.3 is 18.5 Å². The topological polar surface area (TPSA) is 420 Å². The van der Waals surface area contributed by atoms with Gasteiger partial charge in [-0.05, 0) is 128 Å². The van der Waals surface area contributed by atoms with E-state index < -0.39 is 157 Å². The van der Waals surface area contributed by atoms with Crippen LogP contribution >= 0.6 is 45.5 Å². The molecule has 0 bridgehead atoms. The fraction of sp³-hybridized carbons (Fsp3) is 0.215. The van der Waals surface area contributed by atoms with Crippen molar-refractivity contribution in [3.8, 4) is 0 Å². The molecule has 0 aliphatic carbocycles. The lowest BCUT2D eigenvalue weighted by molar-refractivity contribution is -0.139. The molecule has 0 aliphatic heterocycles. The fourth-order valence-electron chi connectivity index (χ4n) is 9.36. The Bertz CT molecular complexity index is 5820. The van der Waals surface area contributed by atoms with E-state index in [1.807, 2.05) is 0 Å². The maximum Gasteiger partial charge on any atom is 0.416 e. The van der Waals surface area contributed by atoms with E-state index in [4.69, 9.17) is 50.0 Å². The van der Waals surface area contributed by atoms with Gasteiger partial charge in [0.25, 0.3) is 30.1 Å². The summed E-state index contributed by atoms with van der Waals surface area (Å²) in [5, 5.41) is -0.160. The van der Waals surface area contributed by atoms with Crippen LogP contribution in [-0.4, -0.2) is 144 Å². The number of methoxy groups -OCH3 is 2. The van der Waals surface area contributed by atoms with Crippen molar-refractivity contribution in [1.29, 1.82) is 0 Å². The standard InChI is InChI=1S/C22H20ClF3N4O6S2.C21H18ClF3N4O4S.C20H16ClF3N4O5S2.CH3ClO2S.CH4/c1-13-4-5-16(10-17(13)22(24,25)26)38(34,35)30(12-36-2)18-9-15(23)11-28-20(18)21(31)14-6-7-27-19(8-14)29-37(3,32)33;1-12-3-4-15(9-16(12)21(23,24)25)34(31,32)29(11-33-2)17-8-14(22)10-28-19(17)20(30)13-5-6-27-18(26)7-13;1-11-3-4-14(9-15(11)20(22,23)24)35(32,33)27-16-8-13(21)10-26-18(16)19(29)12-5-6-25-17(7-12)28-34(2,30)31;1-5(2,3)4;/h4-11H,12H2,1-3H3,(H,27,29);3-10H,11H2,1-2H3,(H2,26,27);3-10,27H,1-2H3,(H,25,28);1H3;1H4. The van der Waals surface area contributed by atoms with Crippen LogP contribution in [0.15, 0.2) is 161 Å². The number of hydrogen-bond donors (Lipinski definition) is 4. The van der Waals surface area contributed by atoms with Crippen molar-refractivity contribution in [2.45, 2.75) is 61.4 Å². The lowest BCUT2D eigenvalue weighted by Gasteiger charge is -2.25. The number of halogens is 13. The molecule has 0 radical (unpaired) electrons. The van der Waals surface area contributed by atoms with Gasteiger partial charge in [-0.25, -0.2) is 89.0 Å². The highest BCUT2D eigenvalue weighted by Gasteiger charge is 2.39. The molecule has 9 rings (SSSR count). The molecule has 29 nitrogen and oxygen atoms in total. The number of pyridine rings is 6. The fourth-order valence-corrected chi connectivity index (χ4v) is 14.7. The van der Waals surface area contributed by atoms with Crippen LogP contribution in [0.4, 0.5) is 74.0 Å². The molecule has 0 saturated heterocycles. The molecular weight excluding hydrogens is 1730 g/mol. The zero-order valence-corrected chi connectivity index (χ0v) is 66.2. The Morgan fingerprint density at radius 1 is 0.442 bits per heavy atom. The van der Waals surface area contributed by atoms with E-state index in [2.05, 4.69) is 54.8 Å². The highest BCUT2D eigenvalue weighted by Crippen LogP contribution is 2.40. The first-order valence-electron chi connectivity index (χ1n) is 30.2. The third kappa shape index (κ3) is 26.0. The number of carbonyl (C=O) groups is 3. The van der Waals surface area contributed by atoms with E-state index in [1.165, 1.54) is 58.3 Å². The molecule has 0 amide bonds. The Balaban J connectivity index is 0.000000293. The largest absolute Gasteiger partial charge is 0.416 e. The van der Waals surface area contributed by atoms with Crippen molar-refractivity contribution in [2.24, 2.45) is 0 Å². The smallest absolute Gasteiger partial charge is 0.384 e. The van der Waals surface area contributed by atoms with Gasteiger partial charge in [-0.15, -0.1) is 0 Å². The third-order valence-electron chi connectivity index (χ3n) is 14.1. The summed E-state index contributed by atoms with van der Waals surface area (Å²) in [5.41, 5.74) is -0.728. The van der Waals surface area contributed by atoms with Crippen molar-refractivity contribution in [2.75, 3.05) is 75.0 Å². The van der Waals surface area contributed by atoms with Gasteiger partial charge in [0, 0.05) is 78.8 Å². The Hall–Kier alpha value is -9.48. The average Bonchev–Trinajstić information content (AvgIpc) is 0.769. The number of alkyl halides is 9. The normalized spacial score (nSPS) is 12.0. The lowest BCUT2D eigenvalue weighted by Crippen LogP contribution is -2.34. The summed E-state index contributed by atoms with van der Waals surface area (Å²) in [7, 11) is -17.8. The van der Waals surface area contributed by atoms with Gasteiger partial charge in [0.15, 0.2) is 0 Å². The van der Waals surface area contributed by atoms with Crippen LogP contribution in [-0.2, 0) is 87.2 Å². The number of nitrogens with two attached hydrogens (primary N) is 1. The number of carbonyl (C=O) groups excluding carboxylic acids is 3. The first-order chi connectivity index (χ1) is 51.5. The number of nitrogen functional groups attached to an aromatic ring is 1. The molecule has 0 saturated carbocycles. The second kappa shape index (κ2) is 37.2. The van der Waals surface area contributed by atoms with Crippen LogP contribution in [0.5, 0.6) is 0 Å². The van der Waals surface area contributed by atoms with Gasteiger partial charge in [0.1, 0.15) is 48.0 Å². The first-order valence-corrected chi connectivity index (χ1v) is 42.2. The Morgan fingerprint density at radius 3 is 1.09 bits per heavy atom. The van der Waals surface area contributed by atoms with Crippen LogP contribution in [0, 0.1) is 20.8 Å². The van der Waals surface area contributed by atoms with E-state index in [0.29, 0.717) is 26.8 Å². The summed E-state index contributed by atoms with van der Waals surface area (Å²) >= 11 is 18.0. The monoisotopic (exact) mass is 1780 g/mol. The lowest BCUT2D eigenvalue weighted by atomic mass is 10.1. The van der Waals surface area contributed by atoms with Gasteiger partial charge in [0.2, 0.25) is 46.4 Å². The zero-order valence-electron chi connectivity index (χ0n) is 58.2. The van der Waals surface area contributed by atoms with Crippen LogP contribution in [0.25, 0.3) is 0 Å². The number of aryl methyl sites for hydroxylation is 3. The number of rotatable bonds is 23. The Labute approximate surface area is 660 Å². The van der Waals surface area contributed by atoms with E-state index in [1.54, 1.807) is 0 Å². The summed E-state index contributed by atoms with van der Waals surface area (Å²) in [6, 6.07) is 18.2. The molecule has 6 aromatic heterocycles. The van der Waals surface area contributed by atoms with Crippen molar-refractivity contribution < 1.29 is 114 Å². The molecule has 113 heavy (non-hydrogen) atoms. The number of ether oxygens (including phenoxy) is 2. The minimum atomic E-state index is -4.82. The summed E-state index contributed by atoms with van der Waals surface area (Å²) < 4.78 is 282. The van der Waals surface area contributed by atoms with Gasteiger partial charge in [-0.3, -0.25) is 28.5 Å². The van der Waals surface area contributed by atoms with E-state index in [-0.39, 0.29) is 90.4 Å². The highest BCUT2D eigenvalue weighted by molar-refractivity contribution is 8.13. The molecule has 5 N–H and O–H groups in total. The first kappa shape index (κ1) is 94.1. The maximum absolute atomic E-state index is 13.6. The number of ketones is 3. The maximum atomic E-state index is 13.6. The summed E-state index contributed by atoms with van der Waals surface area (Å²) in [4.78, 5) is 60.7. The van der Waals surface area contributed by atoms with Crippen molar-refractivity contribution in [3.63, 3.8) is 0 Å². The van der Waals surface area contributed by atoms with Gasteiger partial charge in [-0.2, -0.15) is 39.5 Å². The molecular formula is C65H61Cl4F9N12O17S6.